The fourth-order valence-corrected chi connectivity index (χ4v) is 1.32. The predicted molar refractivity (Wildman–Crippen MR) is 51.1 cm³/mol. The lowest BCUT2D eigenvalue weighted by Gasteiger charge is -2.13. The van der Waals surface area contributed by atoms with Crippen LogP contribution in [0.25, 0.3) is 0 Å². The summed E-state index contributed by atoms with van der Waals surface area (Å²) >= 11 is 0. The third-order valence-corrected chi connectivity index (χ3v) is 1.87. The Morgan fingerprint density at radius 2 is 2.00 bits per heavy atom. The summed E-state index contributed by atoms with van der Waals surface area (Å²) < 4.78 is 1.50. The predicted octanol–water partition coefficient (Wildman–Crippen LogP) is 1.63. The molecule has 70 valence electrons. The quantitative estimate of drug-likeness (QED) is 0.647. The van der Waals surface area contributed by atoms with Gasteiger partial charge in [-0.3, -0.25) is 9.59 Å². The molecule has 0 saturated heterocycles. The number of aromatic nitrogens is 1. The molecule has 0 radical (unpaired) electrons. The Morgan fingerprint density at radius 3 is 2.38 bits per heavy atom. The summed E-state index contributed by atoms with van der Waals surface area (Å²) in [4.78, 5) is 22.6. The minimum atomic E-state index is -0.122. The third kappa shape index (κ3) is 1.86. The molecule has 0 amide bonds. The average Bonchev–Trinajstić information content (AvgIpc) is 2.02. The Hall–Kier alpha value is -1.38. The summed E-state index contributed by atoms with van der Waals surface area (Å²) in [5.41, 5.74) is 0.352. The molecule has 0 atom stereocenters. The zero-order valence-corrected chi connectivity index (χ0v) is 8.07. The Labute approximate surface area is 77.0 Å². The molecule has 13 heavy (non-hydrogen) atoms. The molecule has 3 nitrogen and oxygen atoms in total. The lowest BCUT2D eigenvalue weighted by atomic mass is 10.2. The highest BCUT2D eigenvalue weighted by Crippen LogP contribution is 2.05. The summed E-state index contributed by atoms with van der Waals surface area (Å²) in [6.07, 6.45) is 0. The summed E-state index contributed by atoms with van der Waals surface area (Å²) in [7, 11) is 0. The number of nitrogens with zero attached hydrogens (tertiary/aromatic N) is 1. The molecule has 0 unspecified atom stereocenters. The molecule has 0 fully saturated rings. The molecular weight excluding hydrogens is 166 g/mol. The summed E-state index contributed by atoms with van der Waals surface area (Å²) in [6.45, 7) is 5.23. The molecule has 1 rings (SSSR count). The normalized spacial score (nSPS) is 10.5. The number of carbonyl (C=O) groups is 1. The minimum absolute atomic E-state index is 0.0209. The lowest BCUT2D eigenvalue weighted by Crippen LogP contribution is -2.25. The van der Waals surface area contributed by atoms with Crippen molar-refractivity contribution in [1.29, 1.82) is 0 Å². The van der Waals surface area contributed by atoms with Gasteiger partial charge in [-0.2, -0.15) is 0 Å². The molecule has 1 aromatic heterocycles. The van der Waals surface area contributed by atoms with E-state index in [2.05, 4.69) is 0 Å². The van der Waals surface area contributed by atoms with E-state index in [0.717, 1.165) is 0 Å². The monoisotopic (exact) mass is 179 g/mol. The molecule has 0 N–H and O–H groups in total. The van der Waals surface area contributed by atoms with Crippen LogP contribution in [-0.4, -0.2) is 10.4 Å². The van der Waals surface area contributed by atoms with Gasteiger partial charge in [0.25, 0.3) is 5.56 Å². The molecule has 0 saturated carbocycles. The number of pyridine rings is 1. The van der Waals surface area contributed by atoms with E-state index < -0.39 is 0 Å². The zero-order chi connectivity index (χ0) is 10.0. The van der Waals surface area contributed by atoms with Crippen molar-refractivity contribution in [2.45, 2.75) is 26.8 Å². The maximum atomic E-state index is 11.4. The number of hydrogen-bond acceptors (Lipinski definition) is 2. The van der Waals surface area contributed by atoms with Crippen molar-refractivity contribution in [2.24, 2.45) is 0 Å². The van der Waals surface area contributed by atoms with Crippen LogP contribution in [0.2, 0.25) is 0 Å². The minimum Gasteiger partial charge on any atom is -0.303 e. The fourth-order valence-electron chi connectivity index (χ4n) is 1.32. The third-order valence-electron chi connectivity index (χ3n) is 1.87. The van der Waals surface area contributed by atoms with Gasteiger partial charge in [-0.25, -0.2) is 0 Å². The smallest absolute Gasteiger partial charge is 0.251 e. The zero-order valence-electron chi connectivity index (χ0n) is 8.07. The first-order valence-electron chi connectivity index (χ1n) is 4.26. The number of carbonyl (C=O) groups excluding carboxylic acids is 1. The van der Waals surface area contributed by atoms with Crippen molar-refractivity contribution < 1.29 is 4.79 Å². The van der Waals surface area contributed by atoms with Gasteiger partial charge < -0.3 is 4.57 Å². The number of Topliss-reactive ketones (excluding diaryl/α,β-unsaturated/α-hetero) is 1. The van der Waals surface area contributed by atoms with Crippen LogP contribution in [0.15, 0.2) is 23.0 Å². The Morgan fingerprint density at radius 1 is 1.38 bits per heavy atom. The van der Waals surface area contributed by atoms with E-state index in [1.807, 2.05) is 13.8 Å². The van der Waals surface area contributed by atoms with Gasteiger partial charge in [-0.15, -0.1) is 0 Å². The van der Waals surface area contributed by atoms with E-state index in [9.17, 15) is 9.59 Å². The lowest BCUT2D eigenvalue weighted by molar-refractivity contribution is 0.100. The van der Waals surface area contributed by atoms with Crippen LogP contribution in [0.1, 0.15) is 37.3 Å². The topological polar surface area (TPSA) is 39.1 Å². The number of ketones is 1. The molecule has 1 aromatic rings. The molecule has 1 heterocycles. The van der Waals surface area contributed by atoms with Crippen molar-refractivity contribution in [1.82, 2.24) is 4.57 Å². The largest absolute Gasteiger partial charge is 0.303 e. The molecule has 0 aromatic carbocycles. The molecule has 0 aliphatic carbocycles. The van der Waals surface area contributed by atoms with Crippen LogP contribution in [0, 0.1) is 0 Å². The summed E-state index contributed by atoms with van der Waals surface area (Å²) in [5.74, 6) is -0.0774. The molecular formula is C10H13NO2. The standard InChI is InChI=1S/C10H13NO2/c1-7(2)11-9(8(3)12)5-4-6-10(11)13/h4-7H,1-3H3. The fraction of sp³-hybridized carbons (Fsp3) is 0.400. The summed E-state index contributed by atoms with van der Waals surface area (Å²) in [6, 6.07) is 4.77. The average molecular weight is 179 g/mol. The highest BCUT2D eigenvalue weighted by Gasteiger charge is 2.09. The maximum Gasteiger partial charge on any atom is 0.251 e. The first-order valence-corrected chi connectivity index (χ1v) is 4.26. The van der Waals surface area contributed by atoms with Gasteiger partial charge in [0.2, 0.25) is 0 Å². The first kappa shape index (κ1) is 9.71. The first-order chi connectivity index (χ1) is 6.04. The van der Waals surface area contributed by atoms with E-state index in [4.69, 9.17) is 0 Å². The van der Waals surface area contributed by atoms with Gasteiger partial charge in [0.05, 0.1) is 5.69 Å². The van der Waals surface area contributed by atoms with Crippen LogP contribution in [-0.2, 0) is 0 Å². The van der Waals surface area contributed by atoms with Crippen molar-refractivity contribution in [3.8, 4) is 0 Å². The van der Waals surface area contributed by atoms with Gasteiger partial charge in [0, 0.05) is 19.0 Å². The Balaban J connectivity index is 3.43. The van der Waals surface area contributed by atoms with E-state index >= 15 is 0 Å². The molecule has 0 aliphatic heterocycles. The second-order valence-electron chi connectivity index (χ2n) is 3.27. The van der Waals surface area contributed by atoms with Crippen LogP contribution in [0.5, 0.6) is 0 Å². The number of rotatable bonds is 2. The van der Waals surface area contributed by atoms with Gasteiger partial charge in [-0.1, -0.05) is 6.07 Å². The van der Waals surface area contributed by atoms with Crippen LogP contribution < -0.4 is 5.56 Å². The SMILES string of the molecule is CC(=O)c1cccc(=O)n1C(C)C. The second-order valence-corrected chi connectivity index (χ2v) is 3.27. The van der Waals surface area contributed by atoms with Crippen LogP contribution in [0.3, 0.4) is 0 Å². The highest BCUT2D eigenvalue weighted by molar-refractivity contribution is 5.92. The number of hydrogen-bond donors (Lipinski definition) is 0. The van der Waals surface area contributed by atoms with Crippen molar-refractivity contribution >= 4 is 5.78 Å². The molecule has 0 bridgehead atoms. The van der Waals surface area contributed by atoms with E-state index in [0.29, 0.717) is 5.69 Å². The Kier molecular flexibility index (Phi) is 2.66. The van der Waals surface area contributed by atoms with Crippen LogP contribution >= 0.6 is 0 Å². The van der Waals surface area contributed by atoms with Crippen LogP contribution in [0.4, 0.5) is 0 Å². The molecule has 0 aliphatic rings. The van der Waals surface area contributed by atoms with Gasteiger partial charge in [-0.05, 0) is 19.9 Å². The maximum absolute atomic E-state index is 11.4. The summed E-state index contributed by atoms with van der Waals surface area (Å²) in [5, 5.41) is 0. The van der Waals surface area contributed by atoms with Crippen molar-refractivity contribution in [3.05, 3.63) is 34.2 Å². The second kappa shape index (κ2) is 3.56. The molecule has 3 heteroatoms. The van der Waals surface area contributed by atoms with Crippen molar-refractivity contribution in [3.63, 3.8) is 0 Å². The highest BCUT2D eigenvalue weighted by atomic mass is 16.1. The van der Waals surface area contributed by atoms with E-state index in [1.54, 1.807) is 12.1 Å². The van der Waals surface area contributed by atoms with Crippen molar-refractivity contribution in [2.75, 3.05) is 0 Å². The van der Waals surface area contributed by atoms with E-state index in [-0.39, 0.29) is 17.4 Å². The van der Waals surface area contributed by atoms with Gasteiger partial charge >= 0.3 is 0 Å². The van der Waals surface area contributed by atoms with Gasteiger partial charge in [0.1, 0.15) is 0 Å². The molecule has 0 spiro atoms. The Bertz CT molecular complexity index is 377. The van der Waals surface area contributed by atoms with E-state index in [1.165, 1.54) is 17.6 Å². The van der Waals surface area contributed by atoms with Gasteiger partial charge in [0.15, 0.2) is 5.78 Å².